The maximum atomic E-state index is 6.02. The number of pyridine rings is 1. The first-order valence-electron chi connectivity index (χ1n) is 14.5. The van der Waals surface area contributed by atoms with Crippen LogP contribution in [0.15, 0.2) is 156 Å². The molecule has 0 radical (unpaired) electrons. The molecule has 0 aliphatic rings. The van der Waals surface area contributed by atoms with Gasteiger partial charge in [0.2, 0.25) is 5.71 Å². The third-order valence-electron chi connectivity index (χ3n) is 8.43. The first-order valence-corrected chi connectivity index (χ1v) is 14.5. The Kier molecular flexibility index (Phi) is 5.16. The molecule has 0 aliphatic carbocycles. The first kappa shape index (κ1) is 23.8. The Labute approximate surface area is 247 Å². The summed E-state index contributed by atoms with van der Waals surface area (Å²) in [6.45, 7) is 0. The van der Waals surface area contributed by atoms with Crippen LogP contribution >= 0.6 is 0 Å². The zero-order chi connectivity index (χ0) is 28.3. The first-order chi connectivity index (χ1) is 21.3. The van der Waals surface area contributed by atoms with E-state index in [0.717, 1.165) is 39.1 Å². The minimum atomic E-state index is 0.656. The fourth-order valence-corrected chi connectivity index (χ4v) is 6.51. The summed E-state index contributed by atoms with van der Waals surface area (Å²) in [7, 11) is 0. The molecule has 202 valence electrons. The van der Waals surface area contributed by atoms with E-state index in [1.54, 1.807) is 6.20 Å². The smallest absolute Gasteiger partial charge is 0.227 e. The molecule has 0 saturated carbocycles. The second-order valence-electron chi connectivity index (χ2n) is 10.9. The number of para-hydroxylation sites is 2. The standard InChI is InChI=1S/C39H25N3O/c1-2-10-27(11-3-1)41(30-21-23-37-35(25-30)34-14-8-24-40-39(34)43-37)28-17-19-29(20-18-28)42-36-15-7-6-13-32(36)33-22-16-26-9-4-5-12-31(26)38(33)42/h1-25H. The summed E-state index contributed by atoms with van der Waals surface area (Å²) in [6.07, 6.45) is 1.77. The minimum absolute atomic E-state index is 0.656. The Morgan fingerprint density at radius 2 is 1.23 bits per heavy atom. The zero-order valence-corrected chi connectivity index (χ0v) is 23.2. The number of aromatic nitrogens is 2. The van der Waals surface area contributed by atoms with E-state index in [1.807, 2.05) is 12.1 Å². The van der Waals surface area contributed by atoms with Gasteiger partial charge >= 0.3 is 0 Å². The summed E-state index contributed by atoms with van der Waals surface area (Å²) < 4.78 is 8.43. The van der Waals surface area contributed by atoms with Gasteiger partial charge in [-0.05, 0) is 78.2 Å². The van der Waals surface area contributed by atoms with Crippen LogP contribution < -0.4 is 4.90 Å². The van der Waals surface area contributed by atoms with Crippen molar-refractivity contribution < 1.29 is 4.42 Å². The number of anilines is 3. The summed E-state index contributed by atoms with van der Waals surface area (Å²) >= 11 is 0. The molecule has 0 amide bonds. The molecule has 4 heteroatoms. The van der Waals surface area contributed by atoms with E-state index >= 15 is 0 Å². The van der Waals surface area contributed by atoms with Gasteiger partial charge in [-0.25, -0.2) is 4.98 Å². The van der Waals surface area contributed by atoms with Gasteiger partial charge in [0.25, 0.3) is 0 Å². The molecule has 6 aromatic carbocycles. The maximum absolute atomic E-state index is 6.02. The van der Waals surface area contributed by atoms with E-state index < -0.39 is 0 Å². The van der Waals surface area contributed by atoms with Gasteiger partial charge in [0.15, 0.2) is 0 Å². The summed E-state index contributed by atoms with van der Waals surface area (Å²) in [6, 6.07) is 51.6. The summed E-state index contributed by atoms with van der Waals surface area (Å²) in [5.74, 6) is 0. The average molecular weight is 552 g/mol. The normalized spacial score (nSPS) is 11.7. The number of hydrogen-bond donors (Lipinski definition) is 0. The molecule has 0 saturated heterocycles. The van der Waals surface area contributed by atoms with Crippen LogP contribution in [0.3, 0.4) is 0 Å². The van der Waals surface area contributed by atoms with Gasteiger partial charge in [-0.15, -0.1) is 0 Å². The van der Waals surface area contributed by atoms with E-state index in [4.69, 9.17) is 4.42 Å². The lowest BCUT2D eigenvalue weighted by molar-refractivity contribution is 0.654. The monoisotopic (exact) mass is 551 g/mol. The van der Waals surface area contributed by atoms with Gasteiger partial charge in [0.1, 0.15) is 5.58 Å². The van der Waals surface area contributed by atoms with Crippen LogP contribution in [0.25, 0.3) is 60.3 Å². The molecule has 9 rings (SSSR count). The number of fused-ring (bicyclic) bond motifs is 8. The molecule has 0 unspecified atom stereocenters. The maximum Gasteiger partial charge on any atom is 0.227 e. The van der Waals surface area contributed by atoms with Crippen LogP contribution in [0.4, 0.5) is 17.1 Å². The third-order valence-corrected chi connectivity index (χ3v) is 8.43. The molecule has 0 atom stereocenters. The van der Waals surface area contributed by atoms with Crippen LogP contribution in [0, 0.1) is 0 Å². The molecule has 0 aliphatic heterocycles. The summed E-state index contributed by atoms with van der Waals surface area (Å²) in [5, 5.41) is 7.08. The Bertz CT molecular complexity index is 2450. The molecule has 0 spiro atoms. The van der Waals surface area contributed by atoms with Gasteiger partial charge in [-0.1, -0.05) is 72.8 Å². The molecule has 4 nitrogen and oxygen atoms in total. The van der Waals surface area contributed by atoms with Gasteiger partial charge in [-0.3, -0.25) is 0 Å². The summed E-state index contributed by atoms with van der Waals surface area (Å²) in [4.78, 5) is 6.71. The molecular weight excluding hydrogens is 526 g/mol. The van der Waals surface area contributed by atoms with E-state index in [9.17, 15) is 0 Å². The van der Waals surface area contributed by atoms with Crippen molar-refractivity contribution in [3.8, 4) is 5.69 Å². The molecule has 43 heavy (non-hydrogen) atoms. The number of nitrogens with zero attached hydrogens (tertiary/aromatic N) is 3. The van der Waals surface area contributed by atoms with Gasteiger partial charge in [0.05, 0.1) is 11.0 Å². The molecule has 0 bridgehead atoms. The molecule has 3 heterocycles. The molecular formula is C39H25N3O. The molecule has 9 aromatic rings. The lowest BCUT2D eigenvalue weighted by Crippen LogP contribution is -2.10. The second kappa shape index (κ2) is 9.33. The van der Waals surface area contributed by atoms with Crippen molar-refractivity contribution in [1.82, 2.24) is 9.55 Å². The van der Waals surface area contributed by atoms with Gasteiger partial charge in [0, 0.05) is 55.9 Å². The number of furan rings is 1. The van der Waals surface area contributed by atoms with Crippen LogP contribution in [0.5, 0.6) is 0 Å². The van der Waals surface area contributed by atoms with E-state index in [-0.39, 0.29) is 0 Å². The van der Waals surface area contributed by atoms with Gasteiger partial charge in [-0.2, -0.15) is 0 Å². The number of hydrogen-bond acceptors (Lipinski definition) is 3. The third kappa shape index (κ3) is 3.67. The van der Waals surface area contributed by atoms with Crippen LogP contribution in [-0.4, -0.2) is 9.55 Å². The second-order valence-corrected chi connectivity index (χ2v) is 10.9. The van der Waals surface area contributed by atoms with E-state index in [2.05, 4.69) is 148 Å². The fourth-order valence-electron chi connectivity index (χ4n) is 6.51. The van der Waals surface area contributed by atoms with Crippen molar-refractivity contribution in [3.05, 3.63) is 152 Å². The molecule has 3 aromatic heterocycles. The quantitative estimate of drug-likeness (QED) is 0.218. The number of rotatable bonds is 4. The SMILES string of the molecule is c1ccc(N(c2ccc(-n3c4ccccc4c4ccc5ccccc5c43)cc2)c2ccc3oc4ncccc4c3c2)cc1. The predicted octanol–water partition coefficient (Wildman–Crippen LogP) is 10.7. The highest BCUT2D eigenvalue weighted by Crippen LogP contribution is 2.40. The van der Waals surface area contributed by atoms with Crippen molar-refractivity contribution in [2.75, 3.05) is 4.90 Å². The molecule has 0 fully saturated rings. The minimum Gasteiger partial charge on any atom is -0.438 e. The largest absolute Gasteiger partial charge is 0.438 e. The van der Waals surface area contributed by atoms with Crippen molar-refractivity contribution in [2.45, 2.75) is 0 Å². The van der Waals surface area contributed by atoms with Crippen LogP contribution in [0.1, 0.15) is 0 Å². The zero-order valence-electron chi connectivity index (χ0n) is 23.2. The highest BCUT2D eigenvalue weighted by molar-refractivity contribution is 6.18. The highest BCUT2D eigenvalue weighted by atomic mass is 16.3. The van der Waals surface area contributed by atoms with Crippen LogP contribution in [-0.2, 0) is 0 Å². The lowest BCUT2D eigenvalue weighted by atomic mass is 10.1. The number of benzene rings is 6. The van der Waals surface area contributed by atoms with E-state index in [1.165, 1.54) is 32.6 Å². The van der Waals surface area contributed by atoms with Crippen molar-refractivity contribution in [3.63, 3.8) is 0 Å². The van der Waals surface area contributed by atoms with Gasteiger partial charge < -0.3 is 13.9 Å². The topological polar surface area (TPSA) is 34.2 Å². The van der Waals surface area contributed by atoms with Crippen molar-refractivity contribution in [2.24, 2.45) is 0 Å². The Balaban J connectivity index is 1.24. The van der Waals surface area contributed by atoms with E-state index in [0.29, 0.717) is 5.71 Å². The highest BCUT2D eigenvalue weighted by Gasteiger charge is 2.18. The fraction of sp³-hybridized carbons (Fsp3) is 0. The summed E-state index contributed by atoms with van der Waals surface area (Å²) in [5.41, 5.74) is 8.27. The lowest BCUT2D eigenvalue weighted by Gasteiger charge is -2.26. The Morgan fingerprint density at radius 1 is 0.512 bits per heavy atom. The van der Waals surface area contributed by atoms with Crippen LogP contribution in [0.2, 0.25) is 0 Å². The molecule has 0 N–H and O–H groups in total. The van der Waals surface area contributed by atoms with Crippen molar-refractivity contribution >= 4 is 71.7 Å². The average Bonchev–Trinajstić information content (AvgIpc) is 3.62. The Hall–Kier alpha value is -5.87. The van der Waals surface area contributed by atoms with Crippen molar-refractivity contribution in [1.29, 1.82) is 0 Å². The predicted molar refractivity (Wildman–Crippen MR) is 178 cm³/mol. The Morgan fingerprint density at radius 3 is 2.12 bits per heavy atom.